The van der Waals surface area contributed by atoms with Gasteiger partial charge in [0.2, 0.25) is 0 Å². The first-order valence-corrected chi connectivity index (χ1v) is 19.3. The van der Waals surface area contributed by atoms with Gasteiger partial charge in [-0.3, -0.25) is 0 Å². The molecule has 0 N–H and O–H groups in total. The van der Waals surface area contributed by atoms with E-state index >= 15 is 0 Å². The fourth-order valence-corrected chi connectivity index (χ4v) is 8.99. The SMILES string of the molecule is c1ccc(-c2ccc(-c3cc(-c4cccc(-c5cccc(-c6ccc7c(c6)C6(CCCCC6)c6ccccc6-7)c5)c4)nc(-c4ccccc4)n3)cc2)cc1. The lowest BCUT2D eigenvalue weighted by atomic mass is 9.67. The summed E-state index contributed by atoms with van der Waals surface area (Å²) < 4.78 is 0. The maximum Gasteiger partial charge on any atom is 0.160 e. The molecule has 0 radical (unpaired) electrons. The third kappa shape index (κ3) is 5.76. The molecule has 1 aromatic heterocycles. The van der Waals surface area contributed by atoms with E-state index in [1.54, 1.807) is 0 Å². The predicted octanol–water partition coefficient (Wildman–Crippen LogP) is 13.7. The summed E-state index contributed by atoms with van der Waals surface area (Å²) in [5.41, 5.74) is 18.3. The Kier molecular flexibility index (Phi) is 8.10. The van der Waals surface area contributed by atoms with Crippen LogP contribution in [-0.2, 0) is 5.41 Å². The molecule has 0 amide bonds. The summed E-state index contributed by atoms with van der Waals surface area (Å²) >= 11 is 0. The Balaban J connectivity index is 1.01. The van der Waals surface area contributed by atoms with E-state index in [2.05, 4.69) is 164 Å². The topological polar surface area (TPSA) is 25.8 Å². The fourth-order valence-electron chi connectivity index (χ4n) is 8.99. The minimum Gasteiger partial charge on any atom is -0.228 e. The number of hydrogen-bond acceptors (Lipinski definition) is 2. The molecule has 2 nitrogen and oxygen atoms in total. The van der Waals surface area contributed by atoms with Gasteiger partial charge in [-0.15, -0.1) is 0 Å². The molecule has 54 heavy (non-hydrogen) atoms. The zero-order chi connectivity index (χ0) is 35.9. The molecule has 1 heterocycles. The summed E-state index contributed by atoms with van der Waals surface area (Å²) in [4.78, 5) is 10.2. The molecule has 0 atom stereocenters. The van der Waals surface area contributed by atoms with Gasteiger partial charge in [-0.25, -0.2) is 9.97 Å². The maximum absolute atomic E-state index is 5.15. The van der Waals surface area contributed by atoms with Crippen LogP contribution in [0.1, 0.15) is 43.2 Å². The average molecular weight is 693 g/mol. The molecule has 7 aromatic carbocycles. The summed E-state index contributed by atoms with van der Waals surface area (Å²) in [6.45, 7) is 0. The van der Waals surface area contributed by atoms with Crippen LogP contribution in [0.2, 0.25) is 0 Å². The van der Waals surface area contributed by atoms with Crippen molar-refractivity contribution in [3.05, 3.63) is 193 Å². The number of aromatic nitrogens is 2. The summed E-state index contributed by atoms with van der Waals surface area (Å²) in [5, 5.41) is 0. The lowest BCUT2D eigenvalue weighted by molar-refractivity contribution is 0.353. The zero-order valence-electron chi connectivity index (χ0n) is 30.3. The molecular weight excluding hydrogens is 653 g/mol. The van der Waals surface area contributed by atoms with Crippen LogP contribution in [0.25, 0.3) is 78.4 Å². The second-order valence-corrected chi connectivity index (χ2v) is 14.9. The Hall–Kier alpha value is -6.38. The van der Waals surface area contributed by atoms with Crippen molar-refractivity contribution < 1.29 is 0 Å². The molecule has 8 aromatic rings. The lowest BCUT2D eigenvalue weighted by Crippen LogP contribution is -2.28. The van der Waals surface area contributed by atoms with Crippen molar-refractivity contribution in [3.63, 3.8) is 0 Å². The largest absolute Gasteiger partial charge is 0.228 e. The summed E-state index contributed by atoms with van der Waals surface area (Å²) in [7, 11) is 0. The molecular formula is C52H40N2. The first-order chi connectivity index (χ1) is 26.7. The highest BCUT2D eigenvalue weighted by atomic mass is 14.9. The molecule has 1 fully saturated rings. The molecule has 0 bridgehead atoms. The second kappa shape index (κ2) is 13.5. The van der Waals surface area contributed by atoms with Crippen LogP contribution in [0.4, 0.5) is 0 Å². The molecule has 0 saturated heterocycles. The monoisotopic (exact) mass is 692 g/mol. The van der Waals surface area contributed by atoms with E-state index in [-0.39, 0.29) is 5.41 Å². The van der Waals surface area contributed by atoms with Gasteiger partial charge in [-0.05, 0) is 92.7 Å². The van der Waals surface area contributed by atoms with Crippen LogP contribution in [0, 0.1) is 0 Å². The molecule has 258 valence electrons. The Bertz CT molecular complexity index is 2620. The van der Waals surface area contributed by atoms with E-state index in [4.69, 9.17) is 9.97 Å². The normalized spacial score (nSPS) is 14.1. The Morgan fingerprint density at radius 2 is 0.796 bits per heavy atom. The van der Waals surface area contributed by atoms with Crippen LogP contribution >= 0.6 is 0 Å². The molecule has 1 spiro atoms. The van der Waals surface area contributed by atoms with Crippen LogP contribution in [0.5, 0.6) is 0 Å². The van der Waals surface area contributed by atoms with Gasteiger partial charge in [0.15, 0.2) is 5.82 Å². The van der Waals surface area contributed by atoms with E-state index in [1.165, 1.54) is 87.7 Å². The zero-order valence-corrected chi connectivity index (χ0v) is 30.3. The van der Waals surface area contributed by atoms with Crippen LogP contribution in [0.3, 0.4) is 0 Å². The quantitative estimate of drug-likeness (QED) is 0.173. The van der Waals surface area contributed by atoms with Crippen molar-refractivity contribution in [2.24, 2.45) is 0 Å². The molecule has 0 unspecified atom stereocenters. The van der Waals surface area contributed by atoms with E-state index in [1.807, 2.05) is 18.2 Å². The van der Waals surface area contributed by atoms with Gasteiger partial charge in [0, 0.05) is 22.1 Å². The van der Waals surface area contributed by atoms with E-state index in [9.17, 15) is 0 Å². The van der Waals surface area contributed by atoms with Crippen molar-refractivity contribution in [1.82, 2.24) is 9.97 Å². The molecule has 0 aliphatic heterocycles. The minimum absolute atomic E-state index is 0.144. The first-order valence-electron chi connectivity index (χ1n) is 19.3. The highest BCUT2D eigenvalue weighted by molar-refractivity contribution is 5.85. The fraction of sp³-hybridized carbons (Fsp3) is 0.115. The third-order valence-electron chi connectivity index (χ3n) is 11.7. The molecule has 2 aliphatic carbocycles. The molecule has 1 saturated carbocycles. The van der Waals surface area contributed by atoms with Gasteiger partial charge < -0.3 is 0 Å². The van der Waals surface area contributed by atoms with Crippen LogP contribution in [0.15, 0.2) is 182 Å². The van der Waals surface area contributed by atoms with Crippen molar-refractivity contribution >= 4 is 0 Å². The van der Waals surface area contributed by atoms with E-state index in [0.717, 1.165) is 33.9 Å². The molecule has 2 heteroatoms. The lowest BCUT2D eigenvalue weighted by Gasteiger charge is -2.36. The number of benzene rings is 7. The van der Waals surface area contributed by atoms with Gasteiger partial charge >= 0.3 is 0 Å². The van der Waals surface area contributed by atoms with Gasteiger partial charge in [0.25, 0.3) is 0 Å². The second-order valence-electron chi connectivity index (χ2n) is 14.9. The van der Waals surface area contributed by atoms with Crippen molar-refractivity contribution in [1.29, 1.82) is 0 Å². The van der Waals surface area contributed by atoms with Gasteiger partial charge in [0.1, 0.15) is 0 Å². The van der Waals surface area contributed by atoms with Crippen LogP contribution < -0.4 is 0 Å². The molecule has 2 aliphatic rings. The van der Waals surface area contributed by atoms with Crippen molar-refractivity contribution in [3.8, 4) is 78.4 Å². The third-order valence-corrected chi connectivity index (χ3v) is 11.7. The predicted molar refractivity (Wildman–Crippen MR) is 224 cm³/mol. The highest BCUT2D eigenvalue weighted by Gasteiger charge is 2.43. The van der Waals surface area contributed by atoms with E-state index < -0.39 is 0 Å². The van der Waals surface area contributed by atoms with Crippen molar-refractivity contribution in [2.75, 3.05) is 0 Å². The summed E-state index contributed by atoms with van der Waals surface area (Å²) in [6.07, 6.45) is 6.41. The smallest absolute Gasteiger partial charge is 0.160 e. The highest BCUT2D eigenvalue weighted by Crippen LogP contribution is 2.56. The standard InChI is InChI=1S/C52H40N2/c1-4-14-36(15-5-1)37-24-26-38(27-25-37)49-35-50(54-51(53-49)39-16-6-2-7-17-39)44-21-13-20-42(33-44)40-18-12-19-41(32-40)43-28-29-46-45-22-8-9-23-47(45)52(48(46)34-43)30-10-3-11-31-52/h1-2,4-9,12-29,32-35H,3,10-11,30-31H2. The summed E-state index contributed by atoms with van der Waals surface area (Å²) in [6, 6.07) is 65.8. The molecule has 10 rings (SSSR count). The summed E-state index contributed by atoms with van der Waals surface area (Å²) in [5.74, 6) is 0.720. The number of nitrogens with zero attached hydrogens (tertiary/aromatic N) is 2. The van der Waals surface area contributed by atoms with Crippen LogP contribution in [-0.4, -0.2) is 9.97 Å². The van der Waals surface area contributed by atoms with Gasteiger partial charge in [0.05, 0.1) is 11.4 Å². The van der Waals surface area contributed by atoms with Gasteiger partial charge in [-0.1, -0.05) is 177 Å². The van der Waals surface area contributed by atoms with E-state index in [0.29, 0.717) is 0 Å². The number of rotatable bonds is 6. The Morgan fingerprint density at radius 1 is 0.315 bits per heavy atom. The van der Waals surface area contributed by atoms with Crippen molar-refractivity contribution in [2.45, 2.75) is 37.5 Å². The maximum atomic E-state index is 5.15. The van der Waals surface area contributed by atoms with Gasteiger partial charge in [-0.2, -0.15) is 0 Å². The first kappa shape index (κ1) is 32.3. The Labute approximate surface area is 317 Å². The number of fused-ring (bicyclic) bond motifs is 5. The Morgan fingerprint density at radius 3 is 1.50 bits per heavy atom. The average Bonchev–Trinajstić information content (AvgIpc) is 3.52. The minimum atomic E-state index is 0.144. The number of hydrogen-bond donors (Lipinski definition) is 0.